The van der Waals surface area contributed by atoms with Crippen LogP contribution in [0, 0.1) is 5.92 Å². The number of anilines is 1. The van der Waals surface area contributed by atoms with Crippen molar-refractivity contribution in [1.82, 2.24) is 20.1 Å². The molecule has 2 aromatic heterocycles. The number of likely N-dealkylation sites (tertiary alicyclic amines) is 1. The van der Waals surface area contributed by atoms with Crippen LogP contribution in [0.4, 0.5) is 5.13 Å². The second kappa shape index (κ2) is 9.90. The smallest absolute Gasteiger partial charge is 0.271 e. The summed E-state index contributed by atoms with van der Waals surface area (Å²) in [7, 11) is 4.63. The molecule has 1 aliphatic rings. The molecule has 3 aromatic rings. The van der Waals surface area contributed by atoms with Crippen molar-refractivity contribution in [3.8, 4) is 28.5 Å². The van der Waals surface area contributed by atoms with Gasteiger partial charge in [0.05, 0.1) is 27.0 Å². The molecule has 0 saturated carbocycles. The number of ether oxygens (including phenoxy) is 3. The largest absolute Gasteiger partial charge is 0.493 e. The fourth-order valence-electron chi connectivity index (χ4n) is 3.82. The fourth-order valence-corrected chi connectivity index (χ4v) is 4.35. The van der Waals surface area contributed by atoms with Crippen molar-refractivity contribution in [2.24, 2.45) is 5.92 Å². The molecule has 4 rings (SSSR count). The van der Waals surface area contributed by atoms with Gasteiger partial charge in [0.2, 0.25) is 11.7 Å². The van der Waals surface area contributed by atoms with Crippen molar-refractivity contribution in [3.05, 3.63) is 35.5 Å². The maximum absolute atomic E-state index is 13.0. The topological polar surface area (TPSA) is 119 Å². The summed E-state index contributed by atoms with van der Waals surface area (Å²) in [4.78, 5) is 31.2. The quantitative estimate of drug-likeness (QED) is 0.544. The summed E-state index contributed by atoms with van der Waals surface area (Å²) in [5.41, 5.74) is 1.68. The van der Waals surface area contributed by atoms with Crippen LogP contribution in [0.3, 0.4) is 0 Å². The lowest BCUT2D eigenvalue weighted by atomic mass is 9.96. The zero-order valence-electron chi connectivity index (χ0n) is 18.6. The molecule has 0 unspecified atom stereocenters. The highest BCUT2D eigenvalue weighted by Crippen LogP contribution is 2.40. The molecular formula is C22H25N5O5S. The van der Waals surface area contributed by atoms with Gasteiger partial charge >= 0.3 is 0 Å². The third-order valence-electron chi connectivity index (χ3n) is 5.58. The summed E-state index contributed by atoms with van der Waals surface area (Å²) >= 11 is 1.38. The third-order valence-corrected chi connectivity index (χ3v) is 6.27. The van der Waals surface area contributed by atoms with E-state index in [-0.39, 0.29) is 17.7 Å². The van der Waals surface area contributed by atoms with Crippen molar-refractivity contribution in [1.29, 1.82) is 0 Å². The van der Waals surface area contributed by atoms with Crippen LogP contribution in [-0.4, -0.2) is 66.3 Å². The summed E-state index contributed by atoms with van der Waals surface area (Å²) in [5, 5.41) is 12.4. The lowest BCUT2D eigenvalue weighted by Crippen LogP contribution is -2.41. The molecule has 0 spiro atoms. The molecule has 174 valence electrons. The van der Waals surface area contributed by atoms with Crippen LogP contribution in [0.25, 0.3) is 11.3 Å². The second-order valence-electron chi connectivity index (χ2n) is 7.47. The minimum absolute atomic E-state index is 0.0525. The molecule has 0 radical (unpaired) electrons. The highest BCUT2D eigenvalue weighted by molar-refractivity contribution is 7.13. The molecule has 3 heterocycles. The third kappa shape index (κ3) is 4.77. The van der Waals surface area contributed by atoms with E-state index in [0.29, 0.717) is 59.7 Å². The Bertz CT molecular complexity index is 1100. The van der Waals surface area contributed by atoms with Gasteiger partial charge in [0.1, 0.15) is 5.69 Å². The molecule has 2 N–H and O–H groups in total. The number of carbonyl (C=O) groups excluding carboxylic acids is 2. The molecule has 1 fully saturated rings. The van der Waals surface area contributed by atoms with E-state index in [1.165, 1.54) is 18.4 Å². The Morgan fingerprint density at radius 2 is 1.79 bits per heavy atom. The van der Waals surface area contributed by atoms with Crippen LogP contribution in [0.15, 0.2) is 29.8 Å². The lowest BCUT2D eigenvalue weighted by molar-refractivity contribution is -0.121. The van der Waals surface area contributed by atoms with Gasteiger partial charge in [0.25, 0.3) is 5.91 Å². The number of amides is 2. The van der Waals surface area contributed by atoms with Crippen molar-refractivity contribution < 1.29 is 23.8 Å². The van der Waals surface area contributed by atoms with E-state index in [1.54, 1.807) is 43.5 Å². The van der Waals surface area contributed by atoms with Crippen LogP contribution in [0.2, 0.25) is 0 Å². The number of aromatic nitrogens is 3. The molecule has 1 saturated heterocycles. The van der Waals surface area contributed by atoms with E-state index in [4.69, 9.17) is 14.2 Å². The number of carbonyl (C=O) groups is 2. The summed E-state index contributed by atoms with van der Waals surface area (Å²) in [6, 6.07) is 5.25. The average molecular weight is 472 g/mol. The van der Waals surface area contributed by atoms with Gasteiger partial charge < -0.3 is 24.4 Å². The number of methoxy groups -OCH3 is 3. The lowest BCUT2D eigenvalue weighted by Gasteiger charge is -2.30. The first-order valence-electron chi connectivity index (χ1n) is 10.4. The van der Waals surface area contributed by atoms with Gasteiger partial charge in [-0.05, 0) is 31.0 Å². The number of hydrogen-bond acceptors (Lipinski definition) is 8. The second-order valence-corrected chi connectivity index (χ2v) is 8.37. The Morgan fingerprint density at radius 1 is 1.09 bits per heavy atom. The van der Waals surface area contributed by atoms with Crippen molar-refractivity contribution in [2.45, 2.75) is 12.8 Å². The molecule has 2 amide bonds. The van der Waals surface area contributed by atoms with E-state index >= 15 is 0 Å². The molecule has 10 nitrogen and oxygen atoms in total. The van der Waals surface area contributed by atoms with Gasteiger partial charge in [-0.3, -0.25) is 14.7 Å². The van der Waals surface area contributed by atoms with Crippen LogP contribution >= 0.6 is 11.3 Å². The zero-order valence-corrected chi connectivity index (χ0v) is 19.4. The number of hydrogen-bond donors (Lipinski definition) is 2. The average Bonchev–Trinajstić information content (AvgIpc) is 3.55. The highest BCUT2D eigenvalue weighted by atomic mass is 32.1. The molecule has 1 aromatic carbocycles. The number of H-pyrrole nitrogens is 1. The first-order chi connectivity index (χ1) is 16.0. The van der Waals surface area contributed by atoms with Crippen LogP contribution < -0.4 is 19.5 Å². The predicted molar refractivity (Wildman–Crippen MR) is 123 cm³/mol. The van der Waals surface area contributed by atoms with Crippen LogP contribution in [0.5, 0.6) is 17.2 Å². The van der Waals surface area contributed by atoms with Crippen LogP contribution in [0.1, 0.15) is 23.3 Å². The van der Waals surface area contributed by atoms with Crippen LogP contribution in [-0.2, 0) is 4.79 Å². The predicted octanol–water partition coefficient (Wildman–Crippen LogP) is 3.05. The minimum Gasteiger partial charge on any atom is -0.493 e. The molecular weight excluding hydrogens is 446 g/mol. The summed E-state index contributed by atoms with van der Waals surface area (Å²) in [5.74, 6) is 1.14. The number of nitrogens with zero attached hydrogens (tertiary/aromatic N) is 3. The zero-order chi connectivity index (χ0) is 23.4. The van der Waals surface area contributed by atoms with E-state index in [0.717, 1.165) is 5.56 Å². The van der Waals surface area contributed by atoms with Gasteiger partial charge in [0, 0.05) is 36.1 Å². The minimum atomic E-state index is -0.153. The molecule has 0 bridgehead atoms. The number of nitrogens with one attached hydrogen (secondary N) is 2. The van der Waals surface area contributed by atoms with Crippen molar-refractivity contribution in [3.63, 3.8) is 0 Å². The highest BCUT2D eigenvalue weighted by Gasteiger charge is 2.29. The fraction of sp³-hybridized carbons (Fsp3) is 0.364. The molecule has 1 aliphatic heterocycles. The van der Waals surface area contributed by atoms with E-state index in [2.05, 4.69) is 20.5 Å². The van der Waals surface area contributed by atoms with Crippen molar-refractivity contribution >= 4 is 28.3 Å². The monoisotopic (exact) mass is 471 g/mol. The van der Waals surface area contributed by atoms with Gasteiger partial charge in [-0.25, -0.2) is 4.98 Å². The SMILES string of the molecule is COc1cc(-c2cc(C(=O)N3CCC(C(=O)Nc4nccs4)CC3)[nH]n2)cc(OC)c1OC. The normalized spacial score (nSPS) is 14.1. The maximum Gasteiger partial charge on any atom is 0.271 e. The summed E-state index contributed by atoms with van der Waals surface area (Å²) < 4.78 is 16.2. The Morgan fingerprint density at radius 3 is 2.36 bits per heavy atom. The van der Waals surface area contributed by atoms with E-state index < -0.39 is 0 Å². The number of thiazole rings is 1. The number of aromatic amines is 1. The molecule has 33 heavy (non-hydrogen) atoms. The summed E-state index contributed by atoms with van der Waals surface area (Å²) in [6.45, 7) is 0.987. The maximum atomic E-state index is 13.0. The number of piperidine rings is 1. The van der Waals surface area contributed by atoms with Gasteiger partial charge in [0.15, 0.2) is 16.6 Å². The molecule has 0 aliphatic carbocycles. The standard InChI is InChI=1S/C22H25N5O5S/c1-30-17-10-14(11-18(31-2)19(17)32-3)15-12-16(26-25-15)21(29)27-7-4-13(5-8-27)20(28)24-22-23-6-9-33-22/h6,9-13H,4-5,7-8H2,1-3H3,(H,25,26)(H,23,24,28). The molecule has 0 atom stereocenters. The first-order valence-corrected chi connectivity index (χ1v) is 11.3. The Kier molecular flexibility index (Phi) is 6.78. The van der Waals surface area contributed by atoms with Gasteiger partial charge in [-0.1, -0.05) is 0 Å². The Labute approximate surface area is 194 Å². The first kappa shape index (κ1) is 22.6. The summed E-state index contributed by atoms with van der Waals surface area (Å²) in [6.07, 6.45) is 2.84. The van der Waals surface area contributed by atoms with Crippen molar-refractivity contribution in [2.75, 3.05) is 39.7 Å². The van der Waals surface area contributed by atoms with E-state index in [1.807, 2.05) is 5.38 Å². The Hall–Kier alpha value is -3.60. The number of benzene rings is 1. The van der Waals surface area contributed by atoms with Gasteiger partial charge in [-0.15, -0.1) is 11.3 Å². The number of rotatable bonds is 7. The van der Waals surface area contributed by atoms with Gasteiger partial charge in [-0.2, -0.15) is 5.10 Å². The van der Waals surface area contributed by atoms with E-state index in [9.17, 15) is 9.59 Å². The molecule has 11 heteroatoms. The Balaban J connectivity index is 1.42.